The van der Waals surface area contributed by atoms with E-state index in [1.54, 1.807) is 0 Å². The first-order chi connectivity index (χ1) is 12.9. The van der Waals surface area contributed by atoms with Crippen LogP contribution in [-0.2, 0) is 11.3 Å². The molecule has 5 heteroatoms. The number of hydrogen-bond donors (Lipinski definition) is 0. The summed E-state index contributed by atoms with van der Waals surface area (Å²) < 4.78 is 2.11. The van der Waals surface area contributed by atoms with E-state index in [4.69, 9.17) is 10.1 Å². The SMILES string of the molecule is Cc1cc(C)c2c(C3CCN(C(=O)C4CCC4)CC3)nn(CC(C)C)c2n1. The monoisotopic (exact) mass is 368 g/mol. The maximum Gasteiger partial charge on any atom is 0.225 e. The molecule has 4 rings (SSSR count). The van der Waals surface area contributed by atoms with Gasteiger partial charge in [-0.25, -0.2) is 9.67 Å². The summed E-state index contributed by atoms with van der Waals surface area (Å²) in [6, 6.07) is 2.17. The molecule has 27 heavy (non-hydrogen) atoms. The normalized spacial score (nSPS) is 19.1. The Balaban J connectivity index is 1.59. The summed E-state index contributed by atoms with van der Waals surface area (Å²) in [5.74, 6) is 1.66. The molecule has 0 spiro atoms. The molecule has 0 unspecified atom stereocenters. The van der Waals surface area contributed by atoms with Crippen LogP contribution in [0.5, 0.6) is 0 Å². The lowest BCUT2D eigenvalue weighted by Gasteiger charge is -2.36. The topological polar surface area (TPSA) is 51.0 Å². The second-order valence-electron chi connectivity index (χ2n) is 8.97. The van der Waals surface area contributed by atoms with E-state index in [9.17, 15) is 4.79 Å². The van der Waals surface area contributed by atoms with Gasteiger partial charge in [-0.2, -0.15) is 5.10 Å². The van der Waals surface area contributed by atoms with Crippen molar-refractivity contribution in [3.63, 3.8) is 0 Å². The summed E-state index contributed by atoms with van der Waals surface area (Å²) in [6.45, 7) is 11.3. The lowest BCUT2D eigenvalue weighted by Crippen LogP contribution is -2.43. The van der Waals surface area contributed by atoms with Crippen molar-refractivity contribution in [1.82, 2.24) is 19.7 Å². The van der Waals surface area contributed by atoms with Crippen LogP contribution in [0.1, 0.15) is 68.8 Å². The van der Waals surface area contributed by atoms with Crippen molar-refractivity contribution >= 4 is 16.9 Å². The number of likely N-dealkylation sites (tertiary alicyclic amines) is 1. The third-order valence-electron chi connectivity index (χ3n) is 6.24. The molecule has 1 amide bonds. The molecular weight excluding hydrogens is 336 g/mol. The van der Waals surface area contributed by atoms with E-state index in [2.05, 4.69) is 43.3 Å². The number of amides is 1. The van der Waals surface area contributed by atoms with E-state index in [0.29, 0.717) is 23.7 Å². The van der Waals surface area contributed by atoms with Crippen LogP contribution in [0.3, 0.4) is 0 Å². The first-order valence-corrected chi connectivity index (χ1v) is 10.6. The minimum atomic E-state index is 0.307. The minimum absolute atomic E-state index is 0.307. The Morgan fingerprint density at radius 3 is 2.48 bits per heavy atom. The largest absolute Gasteiger partial charge is 0.342 e. The van der Waals surface area contributed by atoms with Gasteiger partial charge in [-0.15, -0.1) is 0 Å². The predicted octanol–water partition coefficient (Wildman–Crippen LogP) is 4.21. The van der Waals surface area contributed by atoms with Crippen LogP contribution >= 0.6 is 0 Å². The first kappa shape index (κ1) is 18.5. The number of carbonyl (C=O) groups is 1. The number of carbonyl (C=O) groups excluding carboxylic acids is 1. The fourth-order valence-electron chi connectivity index (χ4n) is 4.59. The number of nitrogens with zero attached hydrogens (tertiary/aromatic N) is 4. The maximum atomic E-state index is 12.5. The van der Waals surface area contributed by atoms with Gasteiger partial charge in [-0.1, -0.05) is 20.3 Å². The van der Waals surface area contributed by atoms with E-state index < -0.39 is 0 Å². The molecule has 1 saturated heterocycles. The number of hydrogen-bond acceptors (Lipinski definition) is 3. The molecule has 2 aliphatic rings. The summed E-state index contributed by atoms with van der Waals surface area (Å²) >= 11 is 0. The van der Waals surface area contributed by atoms with Crippen molar-refractivity contribution in [3.05, 3.63) is 23.0 Å². The van der Waals surface area contributed by atoms with Gasteiger partial charge in [-0.05, 0) is 57.1 Å². The average molecular weight is 369 g/mol. The molecule has 5 nitrogen and oxygen atoms in total. The van der Waals surface area contributed by atoms with Gasteiger partial charge in [0.2, 0.25) is 5.91 Å². The van der Waals surface area contributed by atoms with Gasteiger partial charge in [0.25, 0.3) is 0 Å². The van der Waals surface area contributed by atoms with E-state index in [0.717, 1.165) is 56.7 Å². The molecule has 1 aliphatic carbocycles. The van der Waals surface area contributed by atoms with E-state index in [1.807, 2.05) is 0 Å². The Hall–Kier alpha value is -1.91. The van der Waals surface area contributed by atoms with Gasteiger partial charge in [0.1, 0.15) is 0 Å². The van der Waals surface area contributed by atoms with Crippen LogP contribution in [0.25, 0.3) is 11.0 Å². The highest BCUT2D eigenvalue weighted by Crippen LogP contribution is 2.36. The Morgan fingerprint density at radius 2 is 1.89 bits per heavy atom. The summed E-state index contributed by atoms with van der Waals surface area (Å²) in [5.41, 5.74) is 4.56. The number of pyridine rings is 1. The lowest BCUT2D eigenvalue weighted by atomic mass is 9.83. The van der Waals surface area contributed by atoms with Gasteiger partial charge < -0.3 is 4.90 Å². The van der Waals surface area contributed by atoms with Crippen LogP contribution in [0, 0.1) is 25.7 Å². The zero-order chi connectivity index (χ0) is 19.1. The summed E-state index contributed by atoms with van der Waals surface area (Å²) in [7, 11) is 0. The number of aromatic nitrogens is 3. The van der Waals surface area contributed by atoms with Crippen LogP contribution < -0.4 is 0 Å². The number of piperidine rings is 1. The first-order valence-electron chi connectivity index (χ1n) is 10.6. The van der Waals surface area contributed by atoms with Crippen molar-refractivity contribution in [2.24, 2.45) is 11.8 Å². The Kier molecular flexibility index (Phi) is 4.95. The molecule has 0 N–H and O–H groups in total. The molecule has 146 valence electrons. The van der Waals surface area contributed by atoms with Gasteiger partial charge >= 0.3 is 0 Å². The second-order valence-corrected chi connectivity index (χ2v) is 8.97. The van der Waals surface area contributed by atoms with Gasteiger partial charge in [0.05, 0.1) is 5.69 Å². The van der Waals surface area contributed by atoms with E-state index >= 15 is 0 Å². The quantitative estimate of drug-likeness (QED) is 0.812. The molecule has 0 atom stereocenters. The number of fused-ring (bicyclic) bond motifs is 1. The fourth-order valence-corrected chi connectivity index (χ4v) is 4.59. The molecular formula is C22H32N4O. The van der Waals surface area contributed by atoms with Crippen molar-refractivity contribution in [2.75, 3.05) is 13.1 Å². The van der Waals surface area contributed by atoms with Crippen LogP contribution in [0.4, 0.5) is 0 Å². The summed E-state index contributed by atoms with van der Waals surface area (Å²) in [6.07, 6.45) is 5.43. The maximum absolute atomic E-state index is 12.5. The predicted molar refractivity (Wildman–Crippen MR) is 108 cm³/mol. The fraction of sp³-hybridized carbons (Fsp3) is 0.682. The molecule has 2 aromatic heterocycles. The van der Waals surface area contributed by atoms with Crippen molar-refractivity contribution in [3.8, 4) is 0 Å². The highest BCUT2D eigenvalue weighted by atomic mass is 16.2. The minimum Gasteiger partial charge on any atom is -0.342 e. The van der Waals surface area contributed by atoms with E-state index in [-0.39, 0.29) is 0 Å². The highest BCUT2D eigenvalue weighted by molar-refractivity contribution is 5.83. The van der Waals surface area contributed by atoms with Crippen LogP contribution in [0.15, 0.2) is 6.07 Å². The second kappa shape index (κ2) is 7.25. The van der Waals surface area contributed by atoms with Crippen LogP contribution in [0.2, 0.25) is 0 Å². The average Bonchev–Trinajstić information content (AvgIpc) is 2.91. The molecule has 3 heterocycles. The third-order valence-corrected chi connectivity index (χ3v) is 6.24. The third kappa shape index (κ3) is 3.48. The molecule has 2 fully saturated rings. The van der Waals surface area contributed by atoms with Crippen molar-refractivity contribution in [2.45, 2.75) is 72.3 Å². The summed E-state index contributed by atoms with van der Waals surface area (Å²) in [4.78, 5) is 19.5. The molecule has 0 radical (unpaired) electrons. The van der Waals surface area contributed by atoms with Gasteiger partial charge in [0, 0.05) is 42.6 Å². The van der Waals surface area contributed by atoms with Gasteiger partial charge in [0.15, 0.2) is 5.65 Å². The Morgan fingerprint density at radius 1 is 1.19 bits per heavy atom. The summed E-state index contributed by atoms with van der Waals surface area (Å²) in [5, 5.41) is 6.28. The van der Waals surface area contributed by atoms with Gasteiger partial charge in [-0.3, -0.25) is 4.79 Å². The molecule has 0 bridgehead atoms. The smallest absolute Gasteiger partial charge is 0.225 e. The van der Waals surface area contributed by atoms with E-state index in [1.165, 1.54) is 23.1 Å². The lowest BCUT2D eigenvalue weighted by molar-refractivity contribution is -0.139. The zero-order valence-corrected chi connectivity index (χ0v) is 17.2. The highest BCUT2D eigenvalue weighted by Gasteiger charge is 2.33. The standard InChI is InChI=1S/C22H32N4O/c1-14(2)13-26-21-19(15(3)12-16(4)23-21)20(24-26)17-8-10-25(11-9-17)22(27)18-6-5-7-18/h12,14,17-18H,5-11,13H2,1-4H3. The molecule has 1 aliphatic heterocycles. The van der Waals surface area contributed by atoms with Crippen molar-refractivity contribution in [1.29, 1.82) is 0 Å². The number of rotatable bonds is 4. The molecule has 2 aromatic rings. The number of aryl methyl sites for hydroxylation is 2. The Bertz CT molecular complexity index is 842. The van der Waals surface area contributed by atoms with Crippen molar-refractivity contribution < 1.29 is 4.79 Å². The molecule has 1 saturated carbocycles. The van der Waals surface area contributed by atoms with Crippen LogP contribution in [-0.4, -0.2) is 38.7 Å². The Labute approximate surface area is 162 Å². The molecule has 0 aromatic carbocycles. The zero-order valence-electron chi connectivity index (χ0n) is 17.2.